The Morgan fingerprint density at radius 1 is 1.82 bits per heavy atom. The Morgan fingerprint density at radius 2 is 2.55 bits per heavy atom. The van der Waals surface area contributed by atoms with Crippen molar-refractivity contribution in [1.82, 2.24) is 10.6 Å². The van der Waals surface area contributed by atoms with Crippen molar-refractivity contribution in [3.63, 3.8) is 0 Å². The Hall–Kier alpha value is -1.06. The molecule has 0 bridgehead atoms. The second kappa shape index (κ2) is 3.37. The van der Waals surface area contributed by atoms with Crippen molar-refractivity contribution in [2.45, 2.75) is 25.8 Å². The maximum absolute atomic E-state index is 10.9. The van der Waals surface area contributed by atoms with E-state index in [4.69, 9.17) is 0 Å². The average Bonchev–Trinajstić information content (AvgIpc) is 2.37. The molecule has 0 aromatic carbocycles. The molecule has 1 rings (SSSR count). The van der Waals surface area contributed by atoms with E-state index in [0.717, 1.165) is 0 Å². The molecule has 0 unspecified atom stereocenters. The summed E-state index contributed by atoms with van der Waals surface area (Å²) < 4.78 is 0. The van der Waals surface area contributed by atoms with Crippen LogP contribution < -0.4 is 10.6 Å². The fourth-order valence-electron chi connectivity index (χ4n) is 1.03. The Labute approximate surface area is 65.3 Å². The first-order chi connectivity index (χ1) is 5.24. The van der Waals surface area contributed by atoms with Crippen LogP contribution in [-0.4, -0.2) is 24.4 Å². The molecule has 0 spiro atoms. The highest BCUT2D eigenvalue weighted by Gasteiger charge is 2.24. The van der Waals surface area contributed by atoms with Crippen molar-refractivity contribution in [3.05, 3.63) is 0 Å². The third-order valence-electron chi connectivity index (χ3n) is 1.71. The van der Waals surface area contributed by atoms with Crippen LogP contribution in [0.4, 0.5) is 0 Å². The van der Waals surface area contributed by atoms with E-state index in [-0.39, 0.29) is 17.9 Å². The number of hydrogen-bond donors (Lipinski definition) is 2. The highest BCUT2D eigenvalue weighted by Crippen LogP contribution is 1.98. The first-order valence-corrected chi connectivity index (χ1v) is 3.81. The summed E-state index contributed by atoms with van der Waals surface area (Å²) in [4.78, 5) is 21.7. The van der Waals surface area contributed by atoms with E-state index in [1.807, 2.05) is 0 Å². The number of hydrogen-bond acceptors (Lipinski definition) is 2. The lowest BCUT2D eigenvalue weighted by Crippen LogP contribution is -2.39. The van der Waals surface area contributed by atoms with Crippen LogP contribution in [0.1, 0.15) is 19.8 Å². The summed E-state index contributed by atoms with van der Waals surface area (Å²) >= 11 is 0. The molecule has 0 aliphatic carbocycles. The number of carbonyl (C=O) groups excluding carboxylic acids is 2. The van der Waals surface area contributed by atoms with Gasteiger partial charge in [-0.15, -0.1) is 0 Å². The van der Waals surface area contributed by atoms with Crippen molar-refractivity contribution in [2.24, 2.45) is 0 Å². The molecule has 1 aliphatic rings. The molecule has 4 heteroatoms. The molecule has 0 aromatic heterocycles. The number of carbonyl (C=O) groups is 2. The summed E-state index contributed by atoms with van der Waals surface area (Å²) in [6.07, 6.45) is 1.15. The van der Waals surface area contributed by atoms with Crippen LogP contribution in [-0.2, 0) is 9.59 Å². The van der Waals surface area contributed by atoms with Gasteiger partial charge in [0.2, 0.25) is 11.8 Å². The molecule has 0 radical (unpaired) electrons. The zero-order chi connectivity index (χ0) is 8.27. The molecule has 0 saturated carbocycles. The van der Waals surface area contributed by atoms with Gasteiger partial charge in [-0.25, -0.2) is 0 Å². The van der Waals surface area contributed by atoms with E-state index in [2.05, 4.69) is 10.6 Å². The minimum absolute atomic E-state index is 0.0629. The zero-order valence-corrected chi connectivity index (χ0v) is 6.52. The van der Waals surface area contributed by atoms with Crippen molar-refractivity contribution in [2.75, 3.05) is 6.54 Å². The van der Waals surface area contributed by atoms with Gasteiger partial charge in [0.25, 0.3) is 0 Å². The topological polar surface area (TPSA) is 58.2 Å². The highest BCUT2D eigenvalue weighted by atomic mass is 16.2. The Balaban J connectivity index is 2.36. The molecule has 2 N–H and O–H groups in total. The smallest absolute Gasteiger partial charge is 0.242 e. The van der Waals surface area contributed by atoms with Crippen LogP contribution >= 0.6 is 0 Å². The van der Waals surface area contributed by atoms with Crippen LogP contribution in [0.25, 0.3) is 0 Å². The molecule has 1 fully saturated rings. The Morgan fingerprint density at radius 3 is 3.00 bits per heavy atom. The van der Waals surface area contributed by atoms with Crippen molar-refractivity contribution in [1.29, 1.82) is 0 Å². The van der Waals surface area contributed by atoms with Crippen LogP contribution in [0.3, 0.4) is 0 Å². The Kier molecular flexibility index (Phi) is 2.46. The predicted molar refractivity (Wildman–Crippen MR) is 39.8 cm³/mol. The lowest BCUT2D eigenvalue weighted by molar-refractivity contribution is -0.127. The SMILES string of the molecule is CCC(=O)N[C@H]1CCNC1=O. The molecule has 1 aliphatic heterocycles. The van der Waals surface area contributed by atoms with Crippen molar-refractivity contribution >= 4 is 11.8 Å². The van der Waals surface area contributed by atoms with Crippen molar-refractivity contribution in [3.8, 4) is 0 Å². The predicted octanol–water partition coefficient (Wildman–Crippen LogP) is -0.599. The summed E-state index contributed by atoms with van der Waals surface area (Å²) in [7, 11) is 0. The third-order valence-corrected chi connectivity index (χ3v) is 1.71. The molecule has 2 amide bonds. The highest BCUT2D eigenvalue weighted by molar-refractivity contribution is 5.88. The van der Waals surface area contributed by atoms with Gasteiger partial charge >= 0.3 is 0 Å². The zero-order valence-electron chi connectivity index (χ0n) is 6.52. The summed E-state index contributed by atoms with van der Waals surface area (Å²) in [6.45, 7) is 2.44. The van der Waals surface area contributed by atoms with E-state index in [0.29, 0.717) is 19.4 Å². The monoisotopic (exact) mass is 156 g/mol. The number of rotatable bonds is 2. The Bertz CT molecular complexity index is 179. The van der Waals surface area contributed by atoms with Crippen LogP contribution in [0.15, 0.2) is 0 Å². The van der Waals surface area contributed by atoms with E-state index in [1.54, 1.807) is 6.92 Å². The lowest BCUT2D eigenvalue weighted by Gasteiger charge is -2.07. The van der Waals surface area contributed by atoms with E-state index >= 15 is 0 Å². The van der Waals surface area contributed by atoms with Gasteiger partial charge in [-0.1, -0.05) is 6.92 Å². The standard InChI is InChI=1S/C7H12N2O2/c1-2-6(10)9-5-3-4-8-7(5)11/h5H,2-4H2,1H3,(H,8,11)(H,9,10)/t5-/m0/s1. The maximum Gasteiger partial charge on any atom is 0.242 e. The molecule has 4 nitrogen and oxygen atoms in total. The summed E-state index contributed by atoms with van der Waals surface area (Å²) in [5.74, 6) is -0.126. The van der Waals surface area contributed by atoms with Gasteiger partial charge in [0.15, 0.2) is 0 Å². The largest absolute Gasteiger partial charge is 0.354 e. The summed E-state index contributed by atoms with van der Waals surface area (Å²) in [5, 5.41) is 5.27. The lowest BCUT2D eigenvalue weighted by atomic mass is 10.2. The number of amides is 2. The van der Waals surface area contributed by atoms with Gasteiger partial charge in [-0.05, 0) is 6.42 Å². The maximum atomic E-state index is 10.9. The summed E-state index contributed by atoms with van der Waals surface area (Å²) in [6, 6.07) is -0.289. The van der Waals surface area contributed by atoms with Gasteiger partial charge in [0.05, 0.1) is 0 Å². The molecular weight excluding hydrogens is 144 g/mol. The summed E-state index contributed by atoms with van der Waals surface area (Å²) in [5.41, 5.74) is 0. The minimum atomic E-state index is -0.289. The second-order valence-electron chi connectivity index (χ2n) is 2.55. The van der Waals surface area contributed by atoms with Gasteiger partial charge in [-0.3, -0.25) is 9.59 Å². The van der Waals surface area contributed by atoms with E-state index < -0.39 is 0 Å². The third kappa shape index (κ3) is 1.93. The molecule has 1 saturated heterocycles. The average molecular weight is 156 g/mol. The fraction of sp³-hybridized carbons (Fsp3) is 0.714. The molecule has 1 heterocycles. The molecule has 0 aromatic rings. The second-order valence-corrected chi connectivity index (χ2v) is 2.55. The molecular formula is C7H12N2O2. The molecule has 1 atom stereocenters. The van der Waals surface area contributed by atoms with Gasteiger partial charge in [0.1, 0.15) is 6.04 Å². The van der Waals surface area contributed by atoms with E-state index in [9.17, 15) is 9.59 Å². The fourth-order valence-corrected chi connectivity index (χ4v) is 1.03. The first-order valence-electron chi connectivity index (χ1n) is 3.81. The van der Waals surface area contributed by atoms with E-state index in [1.165, 1.54) is 0 Å². The van der Waals surface area contributed by atoms with Gasteiger partial charge < -0.3 is 10.6 Å². The first kappa shape index (κ1) is 8.04. The molecule has 11 heavy (non-hydrogen) atoms. The van der Waals surface area contributed by atoms with Gasteiger partial charge in [0, 0.05) is 13.0 Å². The number of nitrogens with one attached hydrogen (secondary N) is 2. The van der Waals surface area contributed by atoms with Crippen LogP contribution in [0.2, 0.25) is 0 Å². The van der Waals surface area contributed by atoms with Gasteiger partial charge in [-0.2, -0.15) is 0 Å². The molecule has 62 valence electrons. The van der Waals surface area contributed by atoms with Crippen LogP contribution in [0.5, 0.6) is 0 Å². The van der Waals surface area contributed by atoms with Crippen LogP contribution in [0, 0.1) is 0 Å². The quantitative estimate of drug-likeness (QED) is 0.561. The minimum Gasteiger partial charge on any atom is -0.354 e. The van der Waals surface area contributed by atoms with Crippen molar-refractivity contribution < 1.29 is 9.59 Å². The normalized spacial score (nSPS) is 23.0.